The summed E-state index contributed by atoms with van der Waals surface area (Å²) in [5.74, 6) is 8.32. The summed E-state index contributed by atoms with van der Waals surface area (Å²) < 4.78 is 7.34. The van der Waals surface area contributed by atoms with Gasteiger partial charge in [0.1, 0.15) is 17.6 Å². The van der Waals surface area contributed by atoms with Crippen molar-refractivity contribution in [3.8, 4) is 23.2 Å². The molecule has 9 nitrogen and oxygen atoms in total. The zero-order valence-electron chi connectivity index (χ0n) is 18.7. The average Bonchev–Trinajstić information content (AvgIpc) is 3.34. The number of hydrogen-bond acceptors (Lipinski definition) is 7. The number of aliphatic hydroxyl groups is 3. The first-order valence-electron chi connectivity index (χ1n) is 11.3. The summed E-state index contributed by atoms with van der Waals surface area (Å²) in [5, 5.41) is 32.4. The number of piperidine rings is 1. The highest BCUT2D eigenvalue weighted by atomic mass is 16.5. The number of rotatable bonds is 6. The fourth-order valence-corrected chi connectivity index (χ4v) is 4.61. The smallest absolute Gasteiger partial charge is 0.253 e. The van der Waals surface area contributed by atoms with E-state index in [0.29, 0.717) is 43.1 Å². The molecule has 2 fully saturated rings. The molecule has 1 aliphatic heterocycles. The van der Waals surface area contributed by atoms with Crippen molar-refractivity contribution < 1.29 is 24.6 Å². The van der Waals surface area contributed by atoms with Crippen LogP contribution >= 0.6 is 0 Å². The fourth-order valence-electron chi connectivity index (χ4n) is 4.61. The average molecular weight is 463 g/mol. The predicted molar refractivity (Wildman–Crippen MR) is 121 cm³/mol. The molecule has 5 rings (SSSR count). The van der Waals surface area contributed by atoms with Gasteiger partial charge in [-0.15, -0.1) is 0 Å². The second kappa shape index (κ2) is 9.06. The summed E-state index contributed by atoms with van der Waals surface area (Å²) in [7, 11) is 0. The number of nitrogens with zero attached hydrogens (tertiary/aromatic N) is 4. The summed E-state index contributed by atoms with van der Waals surface area (Å²) in [4.78, 5) is 17.7. The van der Waals surface area contributed by atoms with Crippen LogP contribution < -0.4 is 0 Å². The number of imidazole rings is 1. The molecule has 3 aromatic rings. The van der Waals surface area contributed by atoms with Crippen LogP contribution in [0, 0.1) is 29.6 Å². The highest BCUT2D eigenvalue weighted by Gasteiger charge is 2.56. The predicted octanol–water partition coefficient (Wildman–Crippen LogP) is 1.05. The minimum absolute atomic E-state index is 0.265. The molecule has 2 aliphatic rings. The molecule has 1 aromatic carbocycles. The molecule has 1 amide bonds. The Kier molecular flexibility index (Phi) is 5.96. The summed E-state index contributed by atoms with van der Waals surface area (Å²) >= 11 is 0. The van der Waals surface area contributed by atoms with Gasteiger partial charge in [0, 0.05) is 48.6 Å². The number of amides is 1. The summed E-state index contributed by atoms with van der Waals surface area (Å²) in [6.45, 7) is 2.76. The summed E-state index contributed by atoms with van der Waals surface area (Å²) in [6.07, 6.45) is 1.46. The van der Waals surface area contributed by atoms with Gasteiger partial charge in [0.05, 0.1) is 13.2 Å². The van der Waals surface area contributed by atoms with Gasteiger partial charge in [-0.25, -0.2) is 4.98 Å². The minimum atomic E-state index is -1.33. The Hall–Kier alpha value is -3.45. The normalized spacial score (nSPS) is 22.6. The number of benzene rings is 1. The van der Waals surface area contributed by atoms with Crippen molar-refractivity contribution in [2.45, 2.75) is 25.7 Å². The molecule has 2 aromatic heterocycles. The third-order valence-corrected chi connectivity index (χ3v) is 6.53. The van der Waals surface area contributed by atoms with Crippen LogP contribution in [0.5, 0.6) is 0 Å². The van der Waals surface area contributed by atoms with Crippen LogP contribution in [0.1, 0.15) is 30.1 Å². The van der Waals surface area contributed by atoms with E-state index in [9.17, 15) is 15.0 Å². The molecule has 3 N–H and O–H groups in total. The SMILES string of the molecule is C[C@H](O)c1nccn1Cc1cc(-c2ccc(C#CC3[C@H]4CN(C(=O)C(O)CO)C[C@@H]34)cc2)on1. The van der Waals surface area contributed by atoms with E-state index >= 15 is 0 Å². The quantitative estimate of drug-likeness (QED) is 0.468. The van der Waals surface area contributed by atoms with E-state index < -0.39 is 24.7 Å². The van der Waals surface area contributed by atoms with Gasteiger partial charge in [0.25, 0.3) is 5.91 Å². The lowest BCUT2D eigenvalue weighted by Gasteiger charge is -2.21. The van der Waals surface area contributed by atoms with Gasteiger partial charge < -0.3 is 29.3 Å². The molecule has 1 aliphatic carbocycles. The van der Waals surface area contributed by atoms with Gasteiger partial charge in [-0.1, -0.05) is 17.0 Å². The molecule has 34 heavy (non-hydrogen) atoms. The molecule has 0 spiro atoms. The van der Waals surface area contributed by atoms with Crippen molar-refractivity contribution in [3.05, 3.63) is 59.8 Å². The van der Waals surface area contributed by atoms with E-state index in [1.54, 1.807) is 24.2 Å². The van der Waals surface area contributed by atoms with E-state index in [1.165, 1.54) is 0 Å². The first-order chi connectivity index (χ1) is 16.4. The Morgan fingerprint density at radius 2 is 1.97 bits per heavy atom. The molecular weight excluding hydrogens is 436 g/mol. The standard InChI is InChI=1S/C25H26N4O5/c1-15(31)24-26-8-9-28(24)11-18-10-23(34-27-18)17-5-2-16(3-6-17)4-7-19-20-12-29(13-21(19)20)25(33)22(32)14-30/h2-3,5-6,8-10,15,19-22,30-32H,11-14H2,1H3/t15-,19?,20-,21+,22?/m0/s1. The zero-order chi connectivity index (χ0) is 23.8. The van der Waals surface area contributed by atoms with Crippen molar-refractivity contribution in [1.29, 1.82) is 0 Å². The molecule has 5 atom stereocenters. The second-order valence-electron chi connectivity index (χ2n) is 8.91. The number of fused-ring (bicyclic) bond motifs is 1. The number of aliphatic hydroxyl groups excluding tert-OH is 3. The van der Waals surface area contributed by atoms with Gasteiger partial charge >= 0.3 is 0 Å². The van der Waals surface area contributed by atoms with E-state index in [1.807, 2.05) is 34.9 Å². The molecule has 1 saturated heterocycles. The lowest BCUT2D eigenvalue weighted by Crippen LogP contribution is -2.40. The Bertz CT molecular complexity index is 1220. The maximum Gasteiger partial charge on any atom is 0.253 e. The number of hydrogen-bond donors (Lipinski definition) is 3. The van der Waals surface area contributed by atoms with E-state index in [4.69, 9.17) is 9.63 Å². The first kappa shape index (κ1) is 22.3. The maximum atomic E-state index is 12.0. The molecule has 1 saturated carbocycles. The number of likely N-dealkylation sites (tertiary alicyclic amines) is 1. The van der Waals surface area contributed by atoms with Gasteiger partial charge in [0.2, 0.25) is 0 Å². The molecular formula is C25H26N4O5. The molecule has 9 heteroatoms. The Labute approximate surface area is 196 Å². The maximum absolute atomic E-state index is 12.0. The second-order valence-corrected chi connectivity index (χ2v) is 8.91. The molecule has 176 valence electrons. The molecule has 0 radical (unpaired) electrons. The topological polar surface area (TPSA) is 125 Å². The van der Waals surface area contributed by atoms with Crippen LogP contribution in [0.25, 0.3) is 11.3 Å². The van der Waals surface area contributed by atoms with Crippen LogP contribution in [0.3, 0.4) is 0 Å². The van der Waals surface area contributed by atoms with Crippen molar-refractivity contribution >= 4 is 5.91 Å². The van der Waals surface area contributed by atoms with Gasteiger partial charge in [0.15, 0.2) is 11.9 Å². The zero-order valence-corrected chi connectivity index (χ0v) is 18.7. The van der Waals surface area contributed by atoms with E-state index in [-0.39, 0.29) is 5.92 Å². The van der Waals surface area contributed by atoms with Crippen molar-refractivity contribution in [2.75, 3.05) is 19.7 Å². The molecule has 0 bridgehead atoms. The van der Waals surface area contributed by atoms with Crippen LogP contribution in [0.2, 0.25) is 0 Å². The van der Waals surface area contributed by atoms with Crippen molar-refractivity contribution in [2.24, 2.45) is 17.8 Å². The van der Waals surface area contributed by atoms with Crippen LogP contribution in [0.15, 0.2) is 47.2 Å². The first-order valence-corrected chi connectivity index (χ1v) is 11.3. The van der Waals surface area contributed by atoms with Gasteiger partial charge in [-0.05, 0) is 43.0 Å². The Morgan fingerprint density at radius 1 is 1.24 bits per heavy atom. The molecule has 2 unspecified atom stereocenters. The number of aromatic nitrogens is 3. The third kappa shape index (κ3) is 4.35. The highest BCUT2D eigenvalue weighted by molar-refractivity contribution is 5.81. The summed E-state index contributed by atoms with van der Waals surface area (Å²) in [6, 6.07) is 9.64. The van der Waals surface area contributed by atoms with E-state index in [2.05, 4.69) is 22.0 Å². The lowest BCUT2D eigenvalue weighted by molar-refractivity contribution is -0.141. The Balaban J connectivity index is 1.18. The van der Waals surface area contributed by atoms with Crippen LogP contribution in [-0.2, 0) is 11.3 Å². The number of carbonyl (C=O) groups excluding carboxylic acids is 1. The lowest BCUT2D eigenvalue weighted by atomic mass is 10.1. The van der Waals surface area contributed by atoms with Crippen LogP contribution in [-0.4, -0.2) is 66.6 Å². The highest BCUT2D eigenvalue weighted by Crippen LogP contribution is 2.51. The minimum Gasteiger partial charge on any atom is -0.393 e. The number of carbonyl (C=O) groups is 1. The van der Waals surface area contributed by atoms with Crippen LogP contribution in [0.4, 0.5) is 0 Å². The van der Waals surface area contributed by atoms with Crippen molar-refractivity contribution in [3.63, 3.8) is 0 Å². The van der Waals surface area contributed by atoms with Gasteiger partial charge in [-0.2, -0.15) is 0 Å². The third-order valence-electron chi connectivity index (χ3n) is 6.53. The van der Waals surface area contributed by atoms with Crippen molar-refractivity contribution in [1.82, 2.24) is 19.6 Å². The monoisotopic (exact) mass is 462 g/mol. The van der Waals surface area contributed by atoms with E-state index in [0.717, 1.165) is 16.8 Å². The largest absolute Gasteiger partial charge is 0.393 e. The molecule has 3 heterocycles. The Morgan fingerprint density at radius 3 is 2.65 bits per heavy atom. The van der Waals surface area contributed by atoms with Gasteiger partial charge in [-0.3, -0.25) is 4.79 Å². The summed E-state index contributed by atoms with van der Waals surface area (Å²) in [5.41, 5.74) is 2.53. The fraction of sp³-hybridized carbons (Fsp3) is 0.400.